The molecule has 0 spiro atoms. The molecule has 0 radical (unpaired) electrons. The van der Waals surface area contributed by atoms with Crippen LogP contribution in [0.25, 0.3) is 0 Å². The fraction of sp³-hybridized carbons (Fsp3) is 0.625. The number of aliphatic hydroxyl groups excluding tert-OH is 1. The minimum Gasteiger partial charge on any atom is -0.490 e. The van der Waals surface area contributed by atoms with Crippen molar-refractivity contribution in [3.63, 3.8) is 0 Å². The van der Waals surface area contributed by atoms with E-state index in [1.165, 1.54) is 5.56 Å². The summed E-state index contributed by atoms with van der Waals surface area (Å²) in [6.07, 6.45) is 5.25. The van der Waals surface area contributed by atoms with Gasteiger partial charge in [-0.25, -0.2) is 0 Å². The molecule has 2 N–H and O–H groups in total. The first-order chi connectivity index (χ1) is 9.23. The number of aliphatic hydroxyl groups is 1. The molecule has 3 heteroatoms. The van der Waals surface area contributed by atoms with Crippen LogP contribution in [0.2, 0.25) is 0 Å². The van der Waals surface area contributed by atoms with Gasteiger partial charge < -0.3 is 15.2 Å². The highest BCUT2D eigenvalue weighted by atomic mass is 16.5. The van der Waals surface area contributed by atoms with Crippen LogP contribution >= 0.6 is 0 Å². The number of nitrogens with one attached hydrogen (secondary N) is 1. The molecule has 1 saturated carbocycles. The Balaban J connectivity index is 2.06. The first-order valence-corrected chi connectivity index (χ1v) is 7.27. The van der Waals surface area contributed by atoms with Crippen molar-refractivity contribution < 1.29 is 9.84 Å². The van der Waals surface area contributed by atoms with Crippen LogP contribution in [0.3, 0.4) is 0 Å². The number of likely N-dealkylation sites (N-methyl/N-ethyl adjacent to an activating group) is 1. The number of hydrogen-bond donors (Lipinski definition) is 2. The SMILES string of the molecule is CCc1ccccc1OC1CCCC(CO)(NC)C1. The Labute approximate surface area is 116 Å². The summed E-state index contributed by atoms with van der Waals surface area (Å²) in [4.78, 5) is 0. The first kappa shape index (κ1) is 14.4. The standard InChI is InChI=1S/C16H25NO2/c1-3-13-7-4-5-9-15(13)19-14-8-6-10-16(11-14,12-18)17-2/h4-5,7,9,14,17-18H,3,6,8,10-12H2,1-2H3. The van der Waals surface area contributed by atoms with Crippen LogP contribution in [0, 0.1) is 0 Å². The molecule has 2 rings (SSSR count). The molecular weight excluding hydrogens is 238 g/mol. The van der Waals surface area contributed by atoms with Crippen LogP contribution in [-0.4, -0.2) is 30.4 Å². The zero-order valence-electron chi connectivity index (χ0n) is 12.0. The van der Waals surface area contributed by atoms with Gasteiger partial charge in [0.15, 0.2) is 0 Å². The van der Waals surface area contributed by atoms with Crippen LogP contribution in [0.4, 0.5) is 0 Å². The van der Waals surface area contributed by atoms with Crippen molar-refractivity contribution in [3.8, 4) is 5.75 Å². The molecule has 1 aliphatic carbocycles. The van der Waals surface area contributed by atoms with Gasteiger partial charge in [0.2, 0.25) is 0 Å². The predicted octanol–water partition coefficient (Wildman–Crippen LogP) is 2.52. The summed E-state index contributed by atoms with van der Waals surface area (Å²) >= 11 is 0. The van der Waals surface area contributed by atoms with Crippen LogP contribution in [0.15, 0.2) is 24.3 Å². The Bertz CT molecular complexity index is 401. The number of ether oxygens (including phenoxy) is 1. The maximum absolute atomic E-state index is 9.61. The quantitative estimate of drug-likeness (QED) is 0.857. The summed E-state index contributed by atoms with van der Waals surface area (Å²) in [5.41, 5.74) is 1.09. The zero-order chi connectivity index (χ0) is 13.7. The van der Waals surface area contributed by atoms with Crippen molar-refractivity contribution >= 4 is 0 Å². The van der Waals surface area contributed by atoms with E-state index >= 15 is 0 Å². The van der Waals surface area contributed by atoms with Gasteiger partial charge in [0, 0.05) is 12.0 Å². The fourth-order valence-corrected chi connectivity index (χ4v) is 2.95. The van der Waals surface area contributed by atoms with Gasteiger partial charge in [0.1, 0.15) is 11.9 Å². The van der Waals surface area contributed by atoms with Crippen molar-refractivity contribution in [2.75, 3.05) is 13.7 Å². The lowest BCUT2D eigenvalue weighted by atomic mass is 9.80. The highest BCUT2D eigenvalue weighted by Crippen LogP contribution is 2.31. The largest absolute Gasteiger partial charge is 0.490 e. The number of para-hydroxylation sites is 1. The van der Waals surface area contributed by atoms with Crippen LogP contribution < -0.4 is 10.1 Å². The third kappa shape index (κ3) is 3.28. The molecule has 3 nitrogen and oxygen atoms in total. The average Bonchev–Trinajstić information content (AvgIpc) is 2.48. The number of rotatable bonds is 5. The Morgan fingerprint density at radius 2 is 2.21 bits per heavy atom. The second-order valence-corrected chi connectivity index (χ2v) is 5.49. The Hall–Kier alpha value is -1.06. The molecule has 2 unspecified atom stereocenters. The molecule has 0 heterocycles. The minimum absolute atomic E-state index is 0.163. The Morgan fingerprint density at radius 3 is 2.89 bits per heavy atom. The highest BCUT2D eigenvalue weighted by molar-refractivity contribution is 5.33. The van der Waals surface area contributed by atoms with E-state index in [9.17, 15) is 5.11 Å². The molecule has 1 aromatic carbocycles. The van der Waals surface area contributed by atoms with E-state index in [0.29, 0.717) is 0 Å². The summed E-state index contributed by atoms with van der Waals surface area (Å²) in [5.74, 6) is 1.000. The van der Waals surface area contributed by atoms with Crippen molar-refractivity contribution in [1.29, 1.82) is 0 Å². The third-order valence-corrected chi connectivity index (χ3v) is 4.28. The molecule has 1 aromatic rings. The van der Waals surface area contributed by atoms with Crippen molar-refractivity contribution in [3.05, 3.63) is 29.8 Å². The molecule has 0 amide bonds. The average molecular weight is 263 g/mol. The number of aryl methyl sites for hydroxylation is 1. The van der Waals surface area contributed by atoms with E-state index in [1.807, 2.05) is 19.2 Å². The van der Waals surface area contributed by atoms with Gasteiger partial charge in [0.05, 0.1) is 6.61 Å². The van der Waals surface area contributed by atoms with Crippen LogP contribution in [-0.2, 0) is 6.42 Å². The van der Waals surface area contributed by atoms with Gasteiger partial charge >= 0.3 is 0 Å². The summed E-state index contributed by atoms with van der Waals surface area (Å²) in [5, 5.41) is 12.9. The Morgan fingerprint density at radius 1 is 1.42 bits per heavy atom. The van der Waals surface area contributed by atoms with E-state index in [-0.39, 0.29) is 18.2 Å². The summed E-state index contributed by atoms with van der Waals surface area (Å²) < 4.78 is 6.19. The molecule has 1 fully saturated rings. The second kappa shape index (κ2) is 6.40. The molecule has 0 bridgehead atoms. The monoisotopic (exact) mass is 263 g/mol. The van der Waals surface area contributed by atoms with Crippen LogP contribution in [0.5, 0.6) is 5.75 Å². The maximum Gasteiger partial charge on any atom is 0.122 e. The Kier molecular flexibility index (Phi) is 4.83. The first-order valence-electron chi connectivity index (χ1n) is 7.27. The van der Waals surface area contributed by atoms with E-state index in [0.717, 1.165) is 37.9 Å². The minimum atomic E-state index is -0.163. The summed E-state index contributed by atoms with van der Waals surface area (Å²) in [7, 11) is 1.93. The van der Waals surface area contributed by atoms with Gasteiger partial charge in [-0.05, 0) is 44.4 Å². The molecule has 0 aromatic heterocycles. The summed E-state index contributed by atoms with van der Waals surface area (Å²) in [6.45, 7) is 2.33. The normalized spacial score (nSPS) is 27.2. The maximum atomic E-state index is 9.61. The van der Waals surface area contributed by atoms with E-state index in [1.54, 1.807) is 0 Å². The molecule has 0 aliphatic heterocycles. The van der Waals surface area contributed by atoms with Gasteiger partial charge in [-0.2, -0.15) is 0 Å². The predicted molar refractivity (Wildman–Crippen MR) is 77.6 cm³/mol. The van der Waals surface area contributed by atoms with Crippen LogP contribution in [0.1, 0.15) is 38.2 Å². The third-order valence-electron chi connectivity index (χ3n) is 4.28. The zero-order valence-corrected chi connectivity index (χ0v) is 12.0. The van der Waals surface area contributed by atoms with Crippen molar-refractivity contribution in [1.82, 2.24) is 5.32 Å². The van der Waals surface area contributed by atoms with E-state index in [4.69, 9.17) is 4.74 Å². The second-order valence-electron chi connectivity index (χ2n) is 5.49. The van der Waals surface area contributed by atoms with Crippen molar-refractivity contribution in [2.24, 2.45) is 0 Å². The number of benzene rings is 1. The molecule has 0 saturated heterocycles. The molecular formula is C16H25NO2. The molecule has 106 valence electrons. The number of hydrogen-bond acceptors (Lipinski definition) is 3. The van der Waals surface area contributed by atoms with Gasteiger partial charge in [-0.15, -0.1) is 0 Å². The highest BCUT2D eigenvalue weighted by Gasteiger charge is 2.35. The topological polar surface area (TPSA) is 41.5 Å². The van der Waals surface area contributed by atoms with Crippen molar-refractivity contribution in [2.45, 2.75) is 50.7 Å². The lowest BCUT2D eigenvalue weighted by Crippen LogP contribution is -2.52. The summed E-state index contributed by atoms with van der Waals surface area (Å²) in [6, 6.07) is 8.25. The fourth-order valence-electron chi connectivity index (χ4n) is 2.95. The molecule has 1 aliphatic rings. The lowest BCUT2D eigenvalue weighted by molar-refractivity contribution is 0.0550. The van der Waals surface area contributed by atoms with E-state index < -0.39 is 0 Å². The molecule has 19 heavy (non-hydrogen) atoms. The lowest BCUT2D eigenvalue weighted by Gasteiger charge is -2.39. The smallest absolute Gasteiger partial charge is 0.122 e. The molecule has 2 atom stereocenters. The van der Waals surface area contributed by atoms with Gasteiger partial charge in [-0.1, -0.05) is 25.1 Å². The van der Waals surface area contributed by atoms with Gasteiger partial charge in [-0.3, -0.25) is 0 Å². The van der Waals surface area contributed by atoms with Gasteiger partial charge in [0.25, 0.3) is 0 Å². The van der Waals surface area contributed by atoms with E-state index in [2.05, 4.69) is 24.4 Å².